The molecule has 0 spiro atoms. The van der Waals surface area contributed by atoms with Crippen LogP contribution in [-0.2, 0) is 15.6 Å². The van der Waals surface area contributed by atoms with E-state index < -0.39 is 5.97 Å². The first-order chi connectivity index (χ1) is 11.5. The van der Waals surface area contributed by atoms with Gasteiger partial charge in [0.1, 0.15) is 0 Å². The maximum absolute atomic E-state index is 10.9. The van der Waals surface area contributed by atoms with Crippen molar-refractivity contribution in [2.45, 2.75) is 87.0 Å². The second-order valence-corrected chi connectivity index (χ2v) is 11.6. The molecule has 1 N–H and O–H groups in total. The average molecular weight is 381 g/mol. The van der Waals surface area contributed by atoms with Gasteiger partial charge in [-0.3, -0.25) is 4.79 Å². The second-order valence-electron chi connectivity index (χ2n) is 9.08. The van der Waals surface area contributed by atoms with Crippen LogP contribution in [0, 0.1) is 0 Å². The highest BCUT2D eigenvalue weighted by Gasteiger charge is 2.30. The summed E-state index contributed by atoms with van der Waals surface area (Å²) in [6.07, 6.45) is 3.54. The maximum Gasteiger partial charge on any atom is 0.313 e. The molecule has 1 aliphatic carbocycles. The predicted octanol–water partition coefficient (Wildman–Crippen LogP) is 6.11. The van der Waals surface area contributed by atoms with Gasteiger partial charge in [-0.05, 0) is 46.9 Å². The van der Waals surface area contributed by atoms with Crippen molar-refractivity contribution in [3.05, 3.63) is 29.3 Å². The summed E-state index contributed by atoms with van der Waals surface area (Å²) in [5.74, 6) is -0.484. The van der Waals surface area contributed by atoms with Crippen LogP contribution < -0.4 is 0 Å². The fraction of sp³-hybridized carbons (Fsp3) is 0.667. The Morgan fingerprint density at radius 1 is 1.00 bits per heavy atom. The molecule has 25 heavy (non-hydrogen) atoms. The van der Waals surface area contributed by atoms with Crippen molar-refractivity contribution < 1.29 is 9.90 Å². The van der Waals surface area contributed by atoms with Crippen LogP contribution >= 0.6 is 23.5 Å². The highest BCUT2D eigenvalue weighted by Crippen LogP contribution is 2.42. The largest absolute Gasteiger partial charge is 0.481 e. The van der Waals surface area contributed by atoms with E-state index in [0.717, 1.165) is 6.42 Å². The molecule has 0 amide bonds. The molecule has 0 bridgehead atoms. The van der Waals surface area contributed by atoms with E-state index in [2.05, 4.69) is 59.7 Å². The SMILES string of the molecule is CC(C)(C)c1cc(SC2CCCC2SCC(=O)O)cc(C(C)(C)C)c1. The van der Waals surface area contributed by atoms with Crippen molar-refractivity contribution in [3.63, 3.8) is 0 Å². The van der Waals surface area contributed by atoms with Crippen molar-refractivity contribution in [2.24, 2.45) is 0 Å². The van der Waals surface area contributed by atoms with E-state index in [1.165, 1.54) is 28.9 Å². The van der Waals surface area contributed by atoms with Crippen LogP contribution in [0.3, 0.4) is 0 Å². The first-order valence-electron chi connectivity index (χ1n) is 9.13. The Morgan fingerprint density at radius 2 is 1.52 bits per heavy atom. The van der Waals surface area contributed by atoms with Gasteiger partial charge in [-0.1, -0.05) is 54.0 Å². The average Bonchev–Trinajstić information content (AvgIpc) is 2.90. The van der Waals surface area contributed by atoms with Crippen molar-refractivity contribution >= 4 is 29.5 Å². The minimum absolute atomic E-state index is 0.129. The molecule has 2 unspecified atom stereocenters. The summed E-state index contributed by atoms with van der Waals surface area (Å²) in [7, 11) is 0. The van der Waals surface area contributed by atoms with Gasteiger partial charge in [0.2, 0.25) is 0 Å². The van der Waals surface area contributed by atoms with Gasteiger partial charge in [0.25, 0.3) is 0 Å². The van der Waals surface area contributed by atoms with Gasteiger partial charge in [-0.15, -0.1) is 23.5 Å². The number of hydrogen-bond acceptors (Lipinski definition) is 3. The van der Waals surface area contributed by atoms with Gasteiger partial charge >= 0.3 is 5.97 Å². The van der Waals surface area contributed by atoms with Crippen LogP contribution in [0.25, 0.3) is 0 Å². The molecule has 0 saturated heterocycles. The summed E-state index contributed by atoms with van der Waals surface area (Å²) < 4.78 is 0. The third-order valence-corrected chi connectivity index (χ3v) is 7.69. The summed E-state index contributed by atoms with van der Waals surface area (Å²) in [5, 5.41) is 9.95. The zero-order valence-electron chi connectivity index (χ0n) is 16.4. The molecule has 0 heterocycles. The van der Waals surface area contributed by atoms with Crippen molar-refractivity contribution in [2.75, 3.05) is 5.75 Å². The molecule has 140 valence electrons. The van der Waals surface area contributed by atoms with E-state index in [1.807, 2.05) is 11.8 Å². The monoisotopic (exact) mass is 380 g/mol. The third kappa shape index (κ3) is 5.96. The highest BCUT2D eigenvalue weighted by atomic mass is 32.2. The van der Waals surface area contributed by atoms with E-state index >= 15 is 0 Å². The number of carbonyl (C=O) groups is 1. The first-order valence-corrected chi connectivity index (χ1v) is 11.1. The van der Waals surface area contributed by atoms with E-state index in [0.29, 0.717) is 10.5 Å². The summed E-state index contributed by atoms with van der Waals surface area (Å²) in [6.45, 7) is 13.6. The first kappa shape index (κ1) is 20.7. The van der Waals surface area contributed by atoms with Crippen LogP contribution in [0.2, 0.25) is 0 Å². The third-order valence-electron chi connectivity index (χ3n) is 4.74. The van der Waals surface area contributed by atoms with Crippen molar-refractivity contribution in [1.29, 1.82) is 0 Å². The Bertz CT molecular complexity index is 579. The van der Waals surface area contributed by atoms with Gasteiger partial charge in [0.05, 0.1) is 5.75 Å². The quantitative estimate of drug-likeness (QED) is 0.668. The smallest absolute Gasteiger partial charge is 0.313 e. The lowest BCUT2D eigenvalue weighted by molar-refractivity contribution is -0.133. The Labute approximate surface area is 161 Å². The fourth-order valence-corrected chi connectivity index (χ4v) is 5.86. The highest BCUT2D eigenvalue weighted by molar-refractivity contribution is 8.04. The van der Waals surface area contributed by atoms with Crippen LogP contribution in [0.1, 0.15) is 71.9 Å². The molecule has 1 aromatic rings. The number of carboxylic acid groups (broad SMARTS) is 1. The number of hydrogen-bond donors (Lipinski definition) is 1. The van der Waals surface area contributed by atoms with E-state index in [9.17, 15) is 4.79 Å². The standard InChI is InChI=1S/C21H32O2S2/c1-20(2,3)14-10-15(21(4,5)6)12-16(11-14)25-18-9-7-8-17(18)24-13-19(22)23/h10-12,17-18H,7-9,13H2,1-6H3,(H,22,23). The normalized spacial score (nSPS) is 21.5. The van der Waals surface area contributed by atoms with Crippen LogP contribution in [-0.4, -0.2) is 27.3 Å². The molecule has 2 nitrogen and oxygen atoms in total. The zero-order chi connectivity index (χ0) is 18.8. The van der Waals surface area contributed by atoms with Gasteiger partial charge in [-0.25, -0.2) is 0 Å². The molecular formula is C21H32O2S2. The molecule has 1 fully saturated rings. The van der Waals surface area contributed by atoms with Crippen LogP contribution in [0.15, 0.2) is 23.1 Å². The number of benzene rings is 1. The Kier molecular flexibility index (Phi) is 6.59. The molecule has 1 aliphatic rings. The molecule has 4 heteroatoms. The maximum atomic E-state index is 10.9. The van der Waals surface area contributed by atoms with Crippen LogP contribution in [0.5, 0.6) is 0 Å². The van der Waals surface area contributed by atoms with Gasteiger partial charge in [0.15, 0.2) is 0 Å². The second kappa shape index (κ2) is 7.96. The molecule has 1 saturated carbocycles. The van der Waals surface area contributed by atoms with Gasteiger partial charge in [0, 0.05) is 15.4 Å². The van der Waals surface area contributed by atoms with E-state index in [1.54, 1.807) is 11.8 Å². The molecule has 0 radical (unpaired) electrons. The lowest BCUT2D eigenvalue weighted by atomic mass is 9.81. The Hall–Kier alpha value is -0.610. The summed E-state index contributed by atoms with van der Waals surface area (Å²) >= 11 is 3.58. The lowest BCUT2D eigenvalue weighted by Crippen LogP contribution is -2.18. The number of thioether (sulfide) groups is 2. The van der Waals surface area contributed by atoms with Crippen molar-refractivity contribution in [1.82, 2.24) is 0 Å². The Morgan fingerprint density at radius 3 is 2.00 bits per heavy atom. The molecular weight excluding hydrogens is 348 g/mol. The molecule has 1 aromatic carbocycles. The molecule has 2 rings (SSSR count). The molecule has 0 aliphatic heterocycles. The van der Waals surface area contributed by atoms with E-state index in [4.69, 9.17) is 5.11 Å². The topological polar surface area (TPSA) is 37.3 Å². The number of carboxylic acids is 1. The van der Waals surface area contributed by atoms with Gasteiger partial charge < -0.3 is 5.11 Å². The van der Waals surface area contributed by atoms with Crippen LogP contribution in [0.4, 0.5) is 0 Å². The van der Waals surface area contributed by atoms with E-state index in [-0.39, 0.29) is 16.6 Å². The number of aliphatic carboxylic acids is 1. The summed E-state index contributed by atoms with van der Waals surface area (Å²) in [6, 6.07) is 7.05. The Balaban J connectivity index is 2.24. The summed E-state index contributed by atoms with van der Waals surface area (Å²) in [4.78, 5) is 12.2. The lowest BCUT2D eigenvalue weighted by Gasteiger charge is -2.27. The molecule has 0 aromatic heterocycles. The van der Waals surface area contributed by atoms with Crippen molar-refractivity contribution in [3.8, 4) is 0 Å². The summed E-state index contributed by atoms with van der Waals surface area (Å²) in [5.41, 5.74) is 3.03. The predicted molar refractivity (Wildman–Crippen MR) is 111 cm³/mol. The van der Waals surface area contributed by atoms with Gasteiger partial charge in [-0.2, -0.15) is 0 Å². The minimum atomic E-state index is -0.703. The fourth-order valence-electron chi connectivity index (χ4n) is 3.10. The minimum Gasteiger partial charge on any atom is -0.481 e. The molecule has 2 atom stereocenters. The zero-order valence-corrected chi connectivity index (χ0v) is 18.0. The number of rotatable bonds is 5.